The maximum atomic E-state index is 4.49. The van der Waals surface area contributed by atoms with Crippen molar-refractivity contribution in [1.82, 2.24) is 24.7 Å². The molecule has 0 aromatic carbocycles. The molecule has 0 N–H and O–H groups in total. The van der Waals surface area contributed by atoms with Crippen molar-refractivity contribution in [3.8, 4) is 22.9 Å². The van der Waals surface area contributed by atoms with Crippen LogP contribution < -0.4 is 0 Å². The normalized spacial score (nSPS) is 10.6. The van der Waals surface area contributed by atoms with Crippen molar-refractivity contribution in [3.63, 3.8) is 0 Å². The van der Waals surface area contributed by atoms with Gasteiger partial charge in [-0.2, -0.15) is 5.10 Å². The van der Waals surface area contributed by atoms with E-state index in [1.165, 1.54) is 0 Å². The van der Waals surface area contributed by atoms with Crippen LogP contribution in [0, 0.1) is 0 Å². The highest BCUT2D eigenvalue weighted by atomic mass is 32.1. The van der Waals surface area contributed by atoms with Gasteiger partial charge in [0.1, 0.15) is 5.69 Å². The van der Waals surface area contributed by atoms with Crippen molar-refractivity contribution in [1.29, 1.82) is 0 Å². The fourth-order valence-electron chi connectivity index (χ4n) is 1.55. The molecule has 3 aromatic rings. The van der Waals surface area contributed by atoms with Crippen LogP contribution in [0.25, 0.3) is 22.9 Å². The molecule has 0 fully saturated rings. The standard InChI is InChI=1S/C11H9N5S/c1-16-11(9-6-17-7-13-9)14-10(15-16)8-2-4-12-5-3-8/h2-7H,1H3. The van der Waals surface area contributed by atoms with Crippen molar-refractivity contribution < 1.29 is 0 Å². The van der Waals surface area contributed by atoms with Crippen molar-refractivity contribution >= 4 is 11.3 Å². The van der Waals surface area contributed by atoms with Crippen LogP contribution >= 0.6 is 11.3 Å². The van der Waals surface area contributed by atoms with Gasteiger partial charge in [-0.25, -0.2) is 14.6 Å². The molecule has 84 valence electrons. The fourth-order valence-corrected chi connectivity index (χ4v) is 2.08. The fraction of sp³-hybridized carbons (Fsp3) is 0.0909. The minimum atomic E-state index is 0.693. The minimum Gasteiger partial charge on any atom is -0.265 e. The average Bonchev–Trinajstić information content (AvgIpc) is 2.99. The lowest BCUT2D eigenvalue weighted by atomic mass is 10.2. The molecule has 3 heterocycles. The van der Waals surface area contributed by atoms with Crippen LogP contribution in [0.5, 0.6) is 0 Å². The second-order valence-electron chi connectivity index (χ2n) is 3.49. The van der Waals surface area contributed by atoms with Gasteiger partial charge in [0.25, 0.3) is 0 Å². The third kappa shape index (κ3) is 1.83. The molecular weight excluding hydrogens is 234 g/mol. The van der Waals surface area contributed by atoms with E-state index < -0.39 is 0 Å². The van der Waals surface area contributed by atoms with E-state index in [9.17, 15) is 0 Å². The molecular formula is C11H9N5S. The summed E-state index contributed by atoms with van der Waals surface area (Å²) in [5.74, 6) is 1.47. The zero-order valence-corrected chi connectivity index (χ0v) is 9.92. The number of hydrogen-bond donors (Lipinski definition) is 0. The van der Waals surface area contributed by atoms with E-state index >= 15 is 0 Å². The van der Waals surface area contributed by atoms with E-state index in [0.717, 1.165) is 17.1 Å². The Kier molecular flexibility index (Phi) is 2.41. The molecule has 0 unspecified atom stereocenters. The van der Waals surface area contributed by atoms with Crippen molar-refractivity contribution in [2.75, 3.05) is 0 Å². The van der Waals surface area contributed by atoms with E-state index in [1.807, 2.05) is 24.6 Å². The van der Waals surface area contributed by atoms with Gasteiger partial charge in [-0.15, -0.1) is 11.3 Å². The largest absolute Gasteiger partial charge is 0.265 e. The molecule has 0 spiro atoms. The third-order valence-electron chi connectivity index (χ3n) is 2.36. The molecule has 0 saturated carbocycles. The zero-order chi connectivity index (χ0) is 11.7. The van der Waals surface area contributed by atoms with E-state index in [-0.39, 0.29) is 0 Å². The predicted molar refractivity (Wildman–Crippen MR) is 65.3 cm³/mol. The molecule has 0 aliphatic rings. The van der Waals surface area contributed by atoms with E-state index in [0.29, 0.717) is 5.82 Å². The van der Waals surface area contributed by atoms with Gasteiger partial charge in [0.2, 0.25) is 0 Å². The monoisotopic (exact) mass is 243 g/mol. The van der Waals surface area contributed by atoms with Gasteiger partial charge in [0.05, 0.1) is 5.51 Å². The molecule has 0 saturated heterocycles. The summed E-state index contributed by atoms with van der Waals surface area (Å²) in [6.45, 7) is 0. The van der Waals surface area contributed by atoms with Gasteiger partial charge < -0.3 is 0 Å². The second kappa shape index (κ2) is 4.06. The first-order valence-electron chi connectivity index (χ1n) is 5.04. The Morgan fingerprint density at radius 2 is 2.06 bits per heavy atom. The highest BCUT2D eigenvalue weighted by Crippen LogP contribution is 2.20. The molecule has 0 aliphatic heterocycles. The van der Waals surface area contributed by atoms with Crippen LogP contribution in [-0.4, -0.2) is 24.7 Å². The Balaban J connectivity index is 2.08. The zero-order valence-electron chi connectivity index (χ0n) is 9.11. The van der Waals surface area contributed by atoms with Crippen molar-refractivity contribution in [3.05, 3.63) is 35.4 Å². The number of nitrogens with zero attached hydrogens (tertiary/aromatic N) is 5. The second-order valence-corrected chi connectivity index (χ2v) is 4.21. The van der Waals surface area contributed by atoms with Gasteiger partial charge in [-0.3, -0.25) is 4.98 Å². The van der Waals surface area contributed by atoms with Crippen LogP contribution in [0.4, 0.5) is 0 Å². The summed E-state index contributed by atoms with van der Waals surface area (Å²) in [4.78, 5) is 12.7. The lowest BCUT2D eigenvalue weighted by Gasteiger charge is -1.92. The van der Waals surface area contributed by atoms with Gasteiger partial charge in [-0.1, -0.05) is 0 Å². The number of aryl methyl sites for hydroxylation is 1. The number of pyridine rings is 1. The molecule has 0 amide bonds. The van der Waals surface area contributed by atoms with Gasteiger partial charge in [-0.05, 0) is 12.1 Å². The highest BCUT2D eigenvalue weighted by Gasteiger charge is 2.11. The summed E-state index contributed by atoms with van der Waals surface area (Å²) < 4.78 is 1.74. The van der Waals surface area contributed by atoms with Gasteiger partial charge in [0, 0.05) is 30.4 Å². The lowest BCUT2D eigenvalue weighted by Crippen LogP contribution is -1.94. The Morgan fingerprint density at radius 1 is 1.24 bits per heavy atom. The Hall–Kier alpha value is -2.08. The van der Waals surface area contributed by atoms with Crippen molar-refractivity contribution in [2.24, 2.45) is 7.05 Å². The summed E-state index contributed by atoms with van der Waals surface area (Å²) in [5, 5.41) is 6.34. The first-order chi connectivity index (χ1) is 8.34. The van der Waals surface area contributed by atoms with E-state index in [1.54, 1.807) is 33.9 Å². The SMILES string of the molecule is Cn1nc(-c2ccncc2)nc1-c1cscn1. The Morgan fingerprint density at radius 3 is 2.76 bits per heavy atom. The molecule has 3 aromatic heterocycles. The highest BCUT2D eigenvalue weighted by molar-refractivity contribution is 7.07. The molecule has 17 heavy (non-hydrogen) atoms. The summed E-state index contributed by atoms with van der Waals surface area (Å²) >= 11 is 1.55. The first-order valence-corrected chi connectivity index (χ1v) is 5.99. The Labute approximate surface area is 102 Å². The molecule has 0 atom stereocenters. The number of aromatic nitrogens is 5. The summed E-state index contributed by atoms with van der Waals surface area (Å²) in [6.07, 6.45) is 3.46. The smallest absolute Gasteiger partial charge is 0.181 e. The summed E-state index contributed by atoms with van der Waals surface area (Å²) in [6, 6.07) is 3.78. The average molecular weight is 243 g/mol. The van der Waals surface area contributed by atoms with Crippen LogP contribution in [0.3, 0.4) is 0 Å². The van der Waals surface area contributed by atoms with Crippen LogP contribution in [0.15, 0.2) is 35.4 Å². The molecule has 0 bridgehead atoms. The van der Waals surface area contributed by atoms with Crippen LogP contribution in [-0.2, 0) is 7.05 Å². The Bertz CT molecular complexity index is 615. The van der Waals surface area contributed by atoms with Gasteiger partial charge in [0.15, 0.2) is 11.6 Å². The van der Waals surface area contributed by atoms with E-state index in [4.69, 9.17) is 0 Å². The molecule has 3 rings (SSSR count). The third-order valence-corrected chi connectivity index (χ3v) is 2.95. The minimum absolute atomic E-state index is 0.693. The first kappa shape index (κ1) is 10.1. The topological polar surface area (TPSA) is 56.5 Å². The summed E-state index contributed by atoms with van der Waals surface area (Å²) in [7, 11) is 1.87. The number of hydrogen-bond acceptors (Lipinski definition) is 5. The van der Waals surface area contributed by atoms with Crippen LogP contribution in [0.1, 0.15) is 0 Å². The van der Waals surface area contributed by atoms with Crippen LogP contribution in [0.2, 0.25) is 0 Å². The summed E-state index contributed by atoms with van der Waals surface area (Å²) in [5.41, 5.74) is 3.60. The molecule has 6 heteroatoms. The molecule has 5 nitrogen and oxygen atoms in total. The number of rotatable bonds is 2. The maximum absolute atomic E-state index is 4.49. The van der Waals surface area contributed by atoms with Gasteiger partial charge >= 0.3 is 0 Å². The molecule has 0 radical (unpaired) electrons. The van der Waals surface area contributed by atoms with E-state index in [2.05, 4.69) is 20.1 Å². The molecule has 0 aliphatic carbocycles. The lowest BCUT2D eigenvalue weighted by molar-refractivity contribution is 0.775. The quantitative estimate of drug-likeness (QED) is 0.690. The maximum Gasteiger partial charge on any atom is 0.181 e. The number of thiazole rings is 1. The predicted octanol–water partition coefficient (Wildman–Crippen LogP) is 2.00. The van der Waals surface area contributed by atoms with Crippen molar-refractivity contribution in [2.45, 2.75) is 0 Å².